The number of aromatic nitrogens is 1. The van der Waals surface area contributed by atoms with Crippen molar-refractivity contribution in [3.05, 3.63) is 64.8 Å². The molecule has 11 heteroatoms. The molecule has 2 aromatic carbocycles. The predicted molar refractivity (Wildman–Crippen MR) is 119 cm³/mol. The number of hydrogen-bond donors (Lipinski definition) is 3. The summed E-state index contributed by atoms with van der Waals surface area (Å²) in [4.78, 5) is 34.5. The van der Waals surface area contributed by atoms with Gasteiger partial charge in [0, 0.05) is 30.0 Å². The lowest BCUT2D eigenvalue weighted by Gasteiger charge is -2.34. The Balaban J connectivity index is 1.40. The number of ketones is 1. The molecule has 0 amide bonds. The number of benzene rings is 2. The Bertz CT molecular complexity index is 1130. The van der Waals surface area contributed by atoms with Gasteiger partial charge < -0.3 is 25.9 Å². The molecule has 1 aromatic heterocycles. The summed E-state index contributed by atoms with van der Waals surface area (Å²) >= 11 is 1.10. The van der Waals surface area contributed by atoms with E-state index in [0.717, 1.165) is 22.7 Å². The second-order valence-electron chi connectivity index (χ2n) is 7.02. The van der Waals surface area contributed by atoms with Gasteiger partial charge in [-0.2, -0.15) is 0 Å². The highest BCUT2D eigenvalue weighted by Crippen LogP contribution is 2.30. The van der Waals surface area contributed by atoms with E-state index in [1.54, 1.807) is 0 Å². The van der Waals surface area contributed by atoms with Crippen molar-refractivity contribution in [2.45, 2.75) is 0 Å². The van der Waals surface area contributed by atoms with Crippen molar-refractivity contribution < 1.29 is 23.9 Å². The van der Waals surface area contributed by atoms with Gasteiger partial charge in [-0.05, 0) is 36.4 Å². The Kier molecular flexibility index (Phi) is 6.19. The number of piperazine rings is 1. The second-order valence-corrected chi connectivity index (χ2v) is 8.02. The van der Waals surface area contributed by atoms with E-state index >= 15 is 0 Å². The van der Waals surface area contributed by atoms with Gasteiger partial charge in [-0.25, -0.2) is 14.2 Å². The van der Waals surface area contributed by atoms with Gasteiger partial charge in [0.05, 0.1) is 13.1 Å². The van der Waals surface area contributed by atoms with Crippen LogP contribution in [0.1, 0.15) is 15.2 Å². The number of nitrogens with one attached hydrogen (secondary N) is 1. The minimum absolute atomic E-state index is 0.0878. The Morgan fingerprint density at radius 2 is 1.84 bits per heavy atom. The highest BCUT2D eigenvalue weighted by atomic mass is 32.1. The van der Waals surface area contributed by atoms with Crippen LogP contribution >= 0.6 is 11.3 Å². The van der Waals surface area contributed by atoms with Crippen LogP contribution in [0, 0.1) is 5.82 Å². The summed E-state index contributed by atoms with van der Waals surface area (Å²) < 4.78 is 13.4. The topological polar surface area (TPSA) is 121 Å². The van der Waals surface area contributed by atoms with E-state index in [1.807, 2.05) is 24.3 Å². The minimum atomic E-state index is -1.31. The molecule has 0 bridgehead atoms. The zero-order valence-electron chi connectivity index (χ0n) is 16.8. The molecule has 1 aliphatic heterocycles. The van der Waals surface area contributed by atoms with E-state index in [9.17, 15) is 14.0 Å². The highest BCUT2D eigenvalue weighted by molar-refractivity contribution is 7.18. The lowest BCUT2D eigenvalue weighted by Crippen LogP contribution is -2.46. The van der Waals surface area contributed by atoms with Crippen LogP contribution in [0.5, 0.6) is 0 Å². The summed E-state index contributed by atoms with van der Waals surface area (Å²) in [6.07, 6.45) is -1.31. The summed E-state index contributed by atoms with van der Waals surface area (Å²) in [5.74, 6) is -0.785. The summed E-state index contributed by atoms with van der Waals surface area (Å²) in [5.41, 5.74) is 7.89. The van der Waals surface area contributed by atoms with Gasteiger partial charge in [-0.15, -0.1) is 5.06 Å². The third kappa shape index (κ3) is 4.95. The molecule has 3 aromatic rings. The Labute approximate surface area is 186 Å². The second kappa shape index (κ2) is 9.20. The van der Waals surface area contributed by atoms with Gasteiger partial charge in [0.1, 0.15) is 16.5 Å². The molecule has 0 spiro atoms. The number of nitrogen functional groups attached to an aromatic ring is 1. The summed E-state index contributed by atoms with van der Waals surface area (Å²) in [7, 11) is 0. The number of rotatable bonds is 6. The standard InChI is InChI=1S/C21H20FN5O4S/c22-14-3-1-2-13(12-14)17(28)18-19(23)25-20(32-18)24-15-4-6-16(7-5-15)26-8-10-27(11-9-26)31-21(29)30/h1-7,12H,8-11,23H2,(H,24,25)(H,29,30). The number of nitrogens with zero attached hydrogens (tertiary/aromatic N) is 3. The number of halogens is 1. The Morgan fingerprint density at radius 3 is 2.50 bits per heavy atom. The van der Waals surface area contributed by atoms with Crippen molar-refractivity contribution >= 4 is 45.6 Å². The van der Waals surface area contributed by atoms with Crippen LogP contribution in [-0.2, 0) is 4.84 Å². The van der Waals surface area contributed by atoms with E-state index in [4.69, 9.17) is 10.8 Å². The number of hydrogen-bond acceptors (Lipinski definition) is 9. The van der Waals surface area contributed by atoms with E-state index in [1.165, 1.54) is 29.3 Å². The van der Waals surface area contributed by atoms with Crippen molar-refractivity contribution in [2.75, 3.05) is 42.1 Å². The number of thiazole rings is 1. The number of anilines is 4. The Morgan fingerprint density at radius 1 is 1.12 bits per heavy atom. The molecular weight excluding hydrogens is 437 g/mol. The fourth-order valence-corrected chi connectivity index (χ4v) is 4.20. The normalized spacial score (nSPS) is 14.2. The molecule has 9 nitrogen and oxygen atoms in total. The molecule has 4 rings (SSSR count). The lowest BCUT2D eigenvalue weighted by atomic mass is 10.1. The first-order chi connectivity index (χ1) is 15.4. The van der Waals surface area contributed by atoms with E-state index in [0.29, 0.717) is 31.3 Å². The van der Waals surface area contributed by atoms with Gasteiger partial charge in [0.25, 0.3) is 0 Å². The van der Waals surface area contributed by atoms with Gasteiger partial charge in [0.15, 0.2) is 5.13 Å². The van der Waals surface area contributed by atoms with Crippen molar-refractivity contribution in [3.63, 3.8) is 0 Å². The first kappa shape index (κ1) is 21.5. The van der Waals surface area contributed by atoms with Gasteiger partial charge in [0.2, 0.25) is 5.78 Å². The SMILES string of the molecule is Nc1nc(Nc2ccc(N3CCN(OC(=O)O)CC3)cc2)sc1C(=O)c1cccc(F)c1. The van der Waals surface area contributed by atoms with Crippen LogP contribution in [0.25, 0.3) is 0 Å². The maximum absolute atomic E-state index is 13.4. The van der Waals surface area contributed by atoms with Gasteiger partial charge in [-0.3, -0.25) is 4.79 Å². The molecule has 0 atom stereocenters. The zero-order chi connectivity index (χ0) is 22.7. The summed E-state index contributed by atoms with van der Waals surface area (Å²) in [5, 5.41) is 13.7. The molecule has 1 fully saturated rings. The molecule has 166 valence electrons. The molecule has 32 heavy (non-hydrogen) atoms. The van der Waals surface area contributed by atoms with Crippen molar-refractivity contribution in [1.82, 2.24) is 10.0 Å². The molecular formula is C21H20FN5O4S. The van der Waals surface area contributed by atoms with Gasteiger partial charge >= 0.3 is 6.16 Å². The number of hydroxylamine groups is 2. The molecule has 2 heterocycles. The van der Waals surface area contributed by atoms with Crippen molar-refractivity contribution in [1.29, 1.82) is 0 Å². The molecule has 0 unspecified atom stereocenters. The molecule has 0 saturated carbocycles. The largest absolute Gasteiger partial charge is 0.525 e. The number of carbonyl (C=O) groups is 2. The number of carbonyl (C=O) groups excluding carboxylic acids is 1. The van der Waals surface area contributed by atoms with E-state index in [2.05, 4.69) is 20.0 Å². The fraction of sp³-hybridized carbons (Fsp3) is 0.190. The zero-order valence-corrected chi connectivity index (χ0v) is 17.6. The van der Waals surface area contributed by atoms with Crippen LogP contribution in [0.4, 0.5) is 31.5 Å². The predicted octanol–water partition coefficient (Wildman–Crippen LogP) is 3.57. The third-order valence-corrected chi connectivity index (χ3v) is 5.86. The van der Waals surface area contributed by atoms with Crippen molar-refractivity contribution in [2.24, 2.45) is 0 Å². The van der Waals surface area contributed by atoms with Gasteiger partial charge in [-0.1, -0.05) is 23.5 Å². The average Bonchev–Trinajstić information content (AvgIpc) is 3.14. The number of carboxylic acid groups (broad SMARTS) is 1. The van der Waals surface area contributed by atoms with Crippen LogP contribution < -0.4 is 16.0 Å². The van der Waals surface area contributed by atoms with Crippen molar-refractivity contribution in [3.8, 4) is 0 Å². The smallest absolute Gasteiger partial charge is 0.448 e. The first-order valence-corrected chi connectivity index (χ1v) is 10.5. The van der Waals surface area contributed by atoms with Crippen LogP contribution in [0.3, 0.4) is 0 Å². The minimum Gasteiger partial charge on any atom is -0.448 e. The van der Waals surface area contributed by atoms with Crippen LogP contribution in [0.2, 0.25) is 0 Å². The third-order valence-electron chi connectivity index (χ3n) is 4.88. The van der Waals surface area contributed by atoms with E-state index < -0.39 is 12.0 Å². The van der Waals surface area contributed by atoms with Crippen LogP contribution in [0.15, 0.2) is 48.5 Å². The maximum Gasteiger partial charge on any atom is 0.525 e. The highest BCUT2D eigenvalue weighted by Gasteiger charge is 2.21. The summed E-state index contributed by atoms with van der Waals surface area (Å²) in [6.45, 7) is 2.23. The first-order valence-electron chi connectivity index (χ1n) is 9.73. The Hall–Kier alpha value is -3.70. The molecule has 4 N–H and O–H groups in total. The summed E-state index contributed by atoms with van der Waals surface area (Å²) in [6, 6.07) is 13.1. The lowest BCUT2D eigenvalue weighted by molar-refractivity contribution is -0.121. The molecule has 1 aliphatic rings. The molecule has 1 saturated heterocycles. The molecule has 0 radical (unpaired) electrons. The quantitative estimate of drug-likeness (QED) is 0.477. The fourth-order valence-electron chi connectivity index (χ4n) is 3.34. The molecule has 0 aliphatic carbocycles. The monoisotopic (exact) mass is 457 g/mol. The van der Waals surface area contributed by atoms with E-state index in [-0.39, 0.29) is 22.0 Å². The number of nitrogens with two attached hydrogens (primary N) is 1. The van der Waals surface area contributed by atoms with Crippen LogP contribution in [-0.4, -0.2) is 53.3 Å². The maximum atomic E-state index is 13.4. The average molecular weight is 457 g/mol.